The van der Waals surface area contributed by atoms with Gasteiger partial charge >= 0.3 is 0 Å². The fourth-order valence-corrected chi connectivity index (χ4v) is 3.94. The van der Waals surface area contributed by atoms with E-state index in [0.717, 1.165) is 11.1 Å². The van der Waals surface area contributed by atoms with E-state index in [1.165, 1.54) is 24.3 Å². The molecule has 0 spiro atoms. The van der Waals surface area contributed by atoms with Crippen molar-refractivity contribution < 1.29 is 18.4 Å². The normalized spacial score (nSPS) is 15.3. The lowest BCUT2D eigenvalue weighted by molar-refractivity contribution is -0.133. The molecule has 0 fully saturated rings. The van der Waals surface area contributed by atoms with E-state index in [-0.39, 0.29) is 36.4 Å². The minimum Gasteiger partial charge on any atom is -0.355 e. The Morgan fingerprint density at radius 3 is 2.31 bits per heavy atom. The van der Waals surface area contributed by atoms with E-state index in [1.807, 2.05) is 6.20 Å². The smallest absolute Gasteiger partial charge is 0.231 e. The van der Waals surface area contributed by atoms with Crippen LogP contribution in [0, 0.1) is 11.6 Å². The van der Waals surface area contributed by atoms with Gasteiger partial charge in [-0.3, -0.25) is 14.3 Å². The molecule has 0 saturated carbocycles. The second-order valence-corrected chi connectivity index (χ2v) is 8.01. The predicted octanol–water partition coefficient (Wildman–Crippen LogP) is 2.73. The highest BCUT2D eigenvalue weighted by molar-refractivity contribution is 5.86. The molecule has 0 saturated heterocycles. The zero-order valence-electron chi connectivity index (χ0n) is 17.7. The van der Waals surface area contributed by atoms with Gasteiger partial charge < -0.3 is 10.2 Å². The van der Waals surface area contributed by atoms with Crippen molar-refractivity contribution in [3.8, 4) is 0 Å². The van der Waals surface area contributed by atoms with Crippen LogP contribution in [0.4, 0.5) is 8.78 Å². The largest absolute Gasteiger partial charge is 0.355 e. The van der Waals surface area contributed by atoms with E-state index in [1.54, 1.807) is 40.9 Å². The Kier molecular flexibility index (Phi) is 6.30. The molecule has 8 heteroatoms. The maximum absolute atomic E-state index is 13.1. The molecular weight excluding hydrogens is 414 g/mol. The van der Waals surface area contributed by atoms with Gasteiger partial charge in [0.05, 0.1) is 18.0 Å². The first-order valence-corrected chi connectivity index (χ1v) is 10.5. The zero-order chi connectivity index (χ0) is 22.7. The van der Waals surface area contributed by atoms with Crippen LogP contribution in [0.5, 0.6) is 0 Å². The second-order valence-electron chi connectivity index (χ2n) is 8.01. The monoisotopic (exact) mass is 438 g/mol. The Morgan fingerprint density at radius 2 is 1.66 bits per heavy atom. The summed E-state index contributed by atoms with van der Waals surface area (Å²) in [5.74, 6) is -1.56. The van der Waals surface area contributed by atoms with E-state index in [4.69, 9.17) is 0 Å². The molecular formula is C24H24F2N4O2. The van der Waals surface area contributed by atoms with Crippen LogP contribution in [-0.2, 0) is 36.0 Å². The summed E-state index contributed by atoms with van der Waals surface area (Å²) in [7, 11) is 1.78. The first-order chi connectivity index (χ1) is 15.4. The van der Waals surface area contributed by atoms with Crippen molar-refractivity contribution in [1.82, 2.24) is 20.0 Å². The third-order valence-electron chi connectivity index (χ3n) is 5.60. The van der Waals surface area contributed by atoms with Gasteiger partial charge in [0.2, 0.25) is 11.8 Å². The number of aryl methyl sites for hydroxylation is 1. The van der Waals surface area contributed by atoms with Crippen LogP contribution in [0.25, 0.3) is 0 Å². The molecule has 2 heterocycles. The number of fused-ring (bicyclic) bond motifs is 1. The number of nitrogens with zero attached hydrogens (tertiary/aromatic N) is 3. The molecule has 6 nitrogen and oxygen atoms in total. The van der Waals surface area contributed by atoms with Crippen LogP contribution < -0.4 is 5.32 Å². The standard InChI is InChI=1S/C24H24F2N4O2/c1-29-13-18-14-30(22(31)12-17-4-8-20(26)9-5-17)15-21(23(18)28-29)24(32)27-11-10-16-2-6-19(25)7-3-16/h2-9,13,21H,10-12,14-15H2,1H3,(H,27,32). The first kappa shape index (κ1) is 21.7. The molecule has 1 N–H and O–H groups in total. The number of aromatic nitrogens is 2. The molecule has 1 unspecified atom stereocenters. The average Bonchev–Trinajstić information content (AvgIpc) is 3.16. The second kappa shape index (κ2) is 9.30. The van der Waals surface area contributed by atoms with Gasteiger partial charge in [0.25, 0.3) is 0 Å². The van der Waals surface area contributed by atoms with E-state index >= 15 is 0 Å². The van der Waals surface area contributed by atoms with E-state index in [2.05, 4.69) is 10.4 Å². The van der Waals surface area contributed by atoms with Gasteiger partial charge in [0, 0.05) is 38.4 Å². The van der Waals surface area contributed by atoms with Crippen LogP contribution in [0.2, 0.25) is 0 Å². The lowest BCUT2D eigenvalue weighted by Crippen LogP contribution is -2.44. The van der Waals surface area contributed by atoms with E-state index < -0.39 is 5.92 Å². The summed E-state index contributed by atoms with van der Waals surface area (Å²) in [6.07, 6.45) is 2.53. The SMILES string of the molecule is Cn1cc2c(n1)C(C(=O)NCCc1ccc(F)cc1)CN(C(=O)Cc1ccc(F)cc1)C2. The Morgan fingerprint density at radius 1 is 1.03 bits per heavy atom. The molecule has 1 aliphatic heterocycles. The molecule has 0 bridgehead atoms. The summed E-state index contributed by atoms with van der Waals surface area (Å²) in [5.41, 5.74) is 3.15. The van der Waals surface area contributed by atoms with Gasteiger partial charge in [0.15, 0.2) is 0 Å². The van der Waals surface area contributed by atoms with Crippen molar-refractivity contribution in [1.29, 1.82) is 0 Å². The summed E-state index contributed by atoms with van der Waals surface area (Å²) >= 11 is 0. The zero-order valence-corrected chi connectivity index (χ0v) is 17.7. The molecule has 2 amide bonds. The molecule has 1 aromatic heterocycles. The minimum absolute atomic E-state index is 0.129. The third-order valence-corrected chi connectivity index (χ3v) is 5.60. The van der Waals surface area contributed by atoms with Crippen LogP contribution in [-0.4, -0.2) is 39.6 Å². The molecule has 32 heavy (non-hydrogen) atoms. The first-order valence-electron chi connectivity index (χ1n) is 10.5. The number of benzene rings is 2. The maximum atomic E-state index is 13.1. The van der Waals surface area contributed by atoms with Crippen molar-refractivity contribution in [2.45, 2.75) is 25.3 Å². The average molecular weight is 438 g/mol. The predicted molar refractivity (Wildman–Crippen MR) is 115 cm³/mol. The quantitative estimate of drug-likeness (QED) is 0.644. The van der Waals surface area contributed by atoms with Crippen LogP contribution in [0.15, 0.2) is 54.7 Å². The third kappa shape index (κ3) is 5.01. The maximum Gasteiger partial charge on any atom is 0.231 e. The summed E-state index contributed by atoms with van der Waals surface area (Å²) in [5, 5.41) is 7.37. The van der Waals surface area contributed by atoms with Crippen molar-refractivity contribution in [3.05, 3.63) is 88.7 Å². The highest BCUT2D eigenvalue weighted by Crippen LogP contribution is 2.28. The summed E-state index contributed by atoms with van der Waals surface area (Å²) < 4.78 is 27.9. The highest BCUT2D eigenvalue weighted by Gasteiger charge is 2.35. The number of nitrogens with one attached hydrogen (secondary N) is 1. The lowest BCUT2D eigenvalue weighted by atomic mass is 9.95. The summed E-state index contributed by atoms with van der Waals surface area (Å²) in [4.78, 5) is 27.5. The number of carbonyl (C=O) groups excluding carboxylic acids is 2. The number of amides is 2. The van der Waals surface area contributed by atoms with Crippen LogP contribution in [0.1, 0.15) is 28.3 Å². The fourth-order valence-electron chi connectivity index (χ4n) is 3.94. The Balaban J connectivity index is 1.43. The Hall–Kier alpha value is -3.55. The topological polar surface area (TPSA) is 67.2 Å². The van der Waals surface area contributed by atoms with Gasteiger partial charge in [-0.2, -0.15) is 5.10 Å². The number of hydrogen-bond acceptors (Lipinski definition) is 3. The van der Waals surface area contributed by atoms with Crippen molar-refractivity contribution in [3.63, 3.8) is 0 Å². The lowest BCUT2D eigenvalue weighted by Gasteiger charge is -2.31. The van der Waals surface area contributed by atoms with Crippen molar-refractivity contribution in [2.75, 3.05) is 13.1 Å². The number of hydrogen-bond donors (Lipinski definition) is 1. The number of rotatable bonds is 6. The van der Waals surface area contributed by atoms with E-state index in [0.29, 0.717) is 30.8 Å². The van der Waals surface area contributed by atoms with Gasteiger partial charge in [-0.1, -0.05) is 24.3 Å². The number of carbonyl (C=O) groups is 2. The Bertz CT molecular complexity index is 1110. The van der Waals surface area contributed by atoms with Gasteiger partial charge in [0.1, 0.15) is 11.6 Å². The van der Waals surface area contributed by atoms with Crippen LogP contribution >= 0.6 is 0 Å². The summed E-state index contributed by atoms with van der Waals surface area (Å²) in [6.45, 7) is 1.00. The van der Waals surface area contributed by atoms with Gasteiger partial charge in [-0.05, 0) is 41.8 Å². The van der Waals surface area contributed by atoms with Crippen molar-refractivity contribution in [2.24, 2.45) is 7.05 Å². The molecule has 1 aliphatic rings. The van der Waals surface area contributed by atoms with Crippen molar-refractivity contribution >= 4 is 11.8 Å². The van der Waals surface area contributed by atoms with Gasteiger partial charge in [-0.15, -0.1) is 0 Å². The highest BCUT2D eigenvalue weighted by atomic mass is 19.1. The Labute approximate surface area is 184 Å². The molecule has 166 valence electrons. The van der Waals surface area contributed by atoms with E-state index in [9.17, 15) is 18.4 Å². The fraction of sp³-hybridized carbons (Fsp3) is 0.292. The van der Waals surface area contributed by atoms with Gasteiger partial charge in [-0.25, -0.2) is 8.78 Å². The van der Waals surface area contributed by atoms with Crippen LogP contribution in [0.3, 0.4) is 0 Å². The molecule has 0 aliphatic carbocycles. The minimum atomic E-state index is -0.578. The molecule has 3 aromatic rings. The molecule has 1 atom stereocenters. The molecule has 0 radical (unpaired) electrons. The number of halogens is 2. The molecule has 2 aromatic carbocycles. The molecule has 4 rings (SSSR count). The summed E-state index contributed by atoms with van der Waals surface area (Å²) in [6, 6.07) is 12.0.